The Morgan fingerprint density at radius 1 is 1.50 bits per heavy atom. The van der Waals surface area contributed by atoms with Crippen LogP contribution in [0.25, 0.3) is 10.4 Å². The molecule has 0 aromatic carbocycles. The number of nitrogens with one attached hydrogen (secondary N) is 1. The van der Waals surface area contributed by atoms with Crippen molar-refractivity contribution in [3.63, 3.8) is 0 Å². The number of azide groups is 1. The van der Waals surface area contributed by atoms with Crippen LogP contribution in [0.15, 0.2) is 5.11 Å². The number of halogens is 2. The van der Waals surface area contributed by atoms with Crippen LogP contribution in [0.3, 0.4) is 0 Å². The number of piperidine rings is 1. The average molecular weight is 303 g/mol. The molecule has 1 aliphatic heterocycles. The van der Waals surface area contributed by atoms with Gasteiger partial charge in [-0.1, -0.05) is 27.7 Å². The summed E-state index contributed by atoms with van der Waals surface area (Å²) in [5.74, 6) is 0. The number of rotatable bonds is 2. The third kappa shape index (κ3) is 2.97. The molecule has 70 valence electrons. The smallest absolute Gasteiger partial charge is 0.0601 e. The molecule has 0 radical (unpaired) electrons. The van der Waals surface area contributed by atoms with Crippen molar-refractivity contribution >= 4 is 35.0 Å². The number of hydrogen-bond donors (Lipinski definition) is 1. The molecule has 0 unspecified atom stereocenters. The Morgan fingerprint density at radius 3 is 2.50 bits per heavy atom. The highest BCUT2D eigenvalue weighted by Crippen LogP contribution is 2.25. The van der Waals surface area contributed by atoms with Crippen molar-refractivity contribution in [1.82, 2.24) is 5.32 Å². The van der Waals surface area contributed by atoms with Crippen molar-refractivity contribution in [2.45, 2.75) is 18.4 Å². The molecular weight excluding hydrogens is 290 g/mol. The lowest BCUT2D eigenvalue weighted by molar-refractivity contribution is 0.347. The Morgan fingerprint density at radius 2 is 2.08 bits per heavy atom. The zero-order valence-electron chi connectivity index (χ0n) is 6.66. The van der Waals surface area contributed by atoms with Crippen molar-refractivity contribution < 1.29 is 0 Å². The van der Waals surface area contributed by atoms with Crippen molar-refractivity contribution in [3.8, 4) is 0 Å². The van der Waals surface area contributed by atoms with E-state index in [4.69, 9.17) is 5.53 Å². The first-order valence-electron chi connectivity index (χ1n) is 3.66. The van der Waals surface area contributed by atoms with Crippen LogP contribution >= 0.6 is 35.0 Å². The molecule has 0 aromatic heterocycles. The summed E-state index contributed by atoms with van der Waals surface area (Å²) in [7, 11) is 0. The van der Waals surface area contributed by atoms with Crippen LogP contribution in [-0.2, 0) is 0 Å². The van der Waals surface area contributed by atoms with Gasteiger partial charge in [0.25, 0.3) is 0 Å². The first-order chi connectivity index (χ1) is 5.33. The van der Waals surface area contributed by atoms with Crippen molar-refractivity contribution in [2.75, 3.05) is 17.5 Å². The Balaban J connectivity index is 0.00000121. The summed E-state index contributed by atoms with van der Waals surface area (Å²) in [4.78, 5) is 2.89. The largest absolute Gasteiger partial charge is 0.317 e. The van der Waals surface area contributed by atoms with Gasteiger partial charge < -0.3 is 5.32 Å². The number of hydrogen-bond acceptors (Lipinski definition) is 2. The van der Waals surface area contributed by atoms with E-state index in [1.807, 2.05) is 0 Å². The fraction of sp³-hybridized carbons (Fsp3) is 1.00. The van der Waals surface area contributed by atoms with Crippen LogP contribution < -0.4 is 5.32 Å². The highest BCUT2D eigenvalue weighted by molar-refractivity contribution is 14.1. The van der Waals surface area contributed by atoms with Gasteiger partial charge in [0.05, 0.1) is 5.54 Å². The van der Waals surface area contributed by atoms with Gasteiger partial charge in [0.1, 0.15) is 0 Å². The maximum absolute atomic E-state index is 8.35. The molecule has 0 aliphatic carbocycles. The zero-order chi connectivity index (χ0) is 8.16. The highest BCUT2D eigenvalue weighted by atomic mass is 127. The van der Waals surface area contributed by atoms with Crippen molar-refractivity contribution in [3.05, 3.63) is 10.4 Å². The van der Waals surface area contributed by atoms with Crippen LogP contribution in [0.4, 0.5) is 0 Å². The summed E-state index contributed by atoms with van der Waals surface area (Å²) in [6, 6.07) is 0. The monoisotopic (exact) mass is 302 g/mol. The second-order valence-corrected chi connectivity index (χ2v) is 3.56. The Hall–Kier alpha value is 0.290. The Labute approximate surface area is 91.7 Å². The Bertz CT molecular complexity index is 174. The normalized spacial score (nSPS) is 20.4. The van der Waals surface area contributed by atoms with Gasteiger partial charge in [-0.25, -0.2) is 0 Å². The maximum atomic E-state index is 8.35. The van der Waals surface area contributed by atoms with Gasteiger partial charge in [0.2, 0.25) is 0 Å². The molecule has 1 heterocycles. The third-order valence-corrected chi connectivity index (χ3v) is 3.46. The third-order valence-electron chi connectivity index (χ3n) is 2.04. The highest BCUT2D eigenvalue weighted by Gasteiger charge is 2.29. The van der Waals surface area contributed by atoms with Crippen molar-refractivity contribution in [1.29, 1.82) is 0 Å². The minimum atomic E-state index is -0.0967. The second-order valence-electron chi connectivity index (χ2n) is 2.80. The summed E-state index contributed by atoms with van der Waals surface area (Å²) >= 11 is 2.29. The van der Waals surface area contributed by atoms with Gasteiger partial charge >= 0.3 is 0 Å². The van der Waals surface area contributed by atoms with Gasteiger partial charge in [-0.2, -0.15) is 0 Å². The molecule has 1 N–H and O–H groups in total. The van der Waals surface area contributed by atoms with Gasteiger partial charge in [0.15, 0.2) is 0 Å². The fourth-order valence-corrected chi connectivity index (χ4v) is 2.16. The molecule has 1 aliphatic rings. The molecule has 12 heavy (non-hydrogen) atoms. The summed E-state index contributed by atoms with van der Waals surface area (Å²) in [5.41, 5.74) is 8.25. The van der Waals surface area contributed by atoms with E-state index in [0.29, 0.717) is 0 Å². The molecule has 6 heteroatoms. The standard InChI is InChI=1S/C6H11IN4.ClH/c7-5-6(10-11-8)1-3-9-4-2-6;/h9H,1-5H2;1H. The van der Waals surface area contributed by atoms with Gasteiger partial charge in [0, 0.05) is 9.34 Å². The van der Waals surface area contributed by atoms with E-state index in [1.165, 1.54) is 0 Å². The average Bonchev–Trinajstić information content (AvgIpc) is 2.07. The number of alkyl halides is 1. The minimum absolute atomic E-state index is 0. The summed E-state index contributed by atoms with van der Waals surface area (Å²) in [5, 5.41) is 7.11. The zero-order valence-corrected chi connectivity index (χ0v) is 9.64. The summed E-state index contributed by atoms with van der Waals surface area (Å²) in [6.45, 7) is 1.95. The fourth-order valence-electron chi connectivity index (χ4n) is 1.25. The van der Waals surface area contributed by atoms with E-state index < -0.39 is 0 Å². The van der Waals surface area contributed by atoms with E-state index in [2.05, 4.69) is 37.9 Å². The predicted molar refractivity (Wildman–Crippen MR) is 60.1 cm³/mol. The van der Waals surface area contributed by atoms with Crippen LogP contribution in [0.5, 0.6) is 0 Å². The molecule has 1 fully saturated rings. The molecule has 0 saturated carbocycles. The molecule has 0 atom stereocenters. The van der Waals surface area contributed by atoms with Crippen molar-refractivity contribution in [2.24, 2.45) is 5.11 Å². The van der Waals surface area contributed by atoms with Crippen LogP contribution in [0, 0.1) is 0 Å². The SMILES string of the molecule is Cl.[N-]=[N+]=NC1(CI)CCNCC1. The number of nitrogens with zero attached hydrogens (tertiary/aromatic N) is 3. The molecule has 1 saturated heterocycles. The molecule has 1 rings (SSSR count). The molecule has 4 nitrogen and oxygen atoms in total. The minimum Gasteiger partial charge on any atom is -0.317 e. The Kier molecular flexibility index (Phi) is 6.00. The lowest BCUT2D eigenvalue weighted by Gasteiger charge is -2.31. The molecule has 0 spiro atoms. The van der Waals surface area contributed by atoms with Crippen LogP contribution in [0.1, 0.15) is 12.8 Å². The first-order valence-corrected chi connectivity index (χ1v) is 5.18. The molecule has 0 aromatic rings. The van der Waals surface area contributed by atoms with Crippen LogP contribution in [-0.4, -0.2) is 23.1 Å². The molecular formula is C6H12ClIN4. The van der Waals surface area contributed by atoms with E-state index >= 15 is 0 Å². The van der Waals surface area contributed by atoms with E-state index in [-0.39, 0.29) is 17.9 Å². The second kappa shape index (κ2) is 5.85. The van der Waals surface area contributed by atoms with E-state index in [0.717, 1.165) is 30.4 Å². The lowest BCUT2D eigenvalue weighted by Crippen LogP contribution is -2.41. The van der Waals surface area contributed by atoms with Gasteiger partial charge in [-0.05, 0) is 31.5 Å². The van der Waals surface area contributed by atoms with E-state index in [1.54, 1.807) is 0 Å². The quantitative estimate of drug-likeness (QED) is 0.275. The molecule has 0 amide bonds. The van der Waals surface area contributed by atoms with Crippen LogP contribution in [0.2, 0.25) is 0 Å². The predicted octanol–water partition coefficient (Wildman–Crippen LogP) is 2.28. The molecule has 0 bridgehead atoms. The van der Waals surface area contributed by atoms with Gasteiger partial charge in [-0.15, -0.1) is 12.4 Å². The summed E-state index contributed by atoms with van der Waals surface area (Å²) < 4.78 is 0.927. The van der Waals surface area contributed by atoms with E-state index in [9.17, 15) is 0 Å². The van der Waals surface area contributed by atoms with Gasteiger partial charge in [-0.3, -0.25) is 0 Å². The maximum Gasteiger partial charge on any atom is 0.0601 e. The lowest BCUT2D eigenvalue weighted by atomic mass is 9.92. The topological polar surface area (TPSA) is 60.8 Å². The first kappa shape index (κ1) is 12.3. The summed E-state index contributed by atoms with van der Waals surface area (Å²) in [6.07, 6.45) is 1.94.